The third-order valence-electron chi connectivity index (χ3n) is 7.13. The van der Waals surface area contributed by atoms with Crippen LogP contribution in [0.15, 0.2) is 36.5 Å². The fourth-order valence-corrected chi connectivity index (χ4v) is 5.24. The molecule has 1 aromatic heterocycles. The van der Waals surface area contributed by atoms with Gasteiger partial charge in [0.1, 0.15) is 11.9 Å². The highest BCUT2D eigenvalue weighted by molar-refractivity contribution is 6.32. The van der Waals surface area contributed by atoms with Gasteiger partial charge in [-0.1, -0.05) is 11.6 Å². The maximum Gasteiger partial charge on any atom is 0.322 e. The molecule has 1 aromatic carbocycles. The lowest BCUT2D eigenvalue weighted by Gasteiger charge is -2.45. The van der Waals surface area contributed by atoms with Crippen LogP contribution in [0.4, 0.5) is 22.0 Å². The van der Waals surface area contributed by atoms with Gasteiger partial charge in [-0.15, -0.1) is 0 Å². The van der Waals surface area contributed by atoms with E-state index in [0.29, 0.717) is 35.3 Å². The van der Waals surface area contributed by atoms with Crippen molar-refractivity contribution in [1.82, 2.24) is 9.88 Å². The van der Waals surface area contributed by atoms with Crippen molar-refractivity contribution in [3.8, 4) is 6.07 Å². The Morgan fingerprint density at radius 1 is 1.20 bits per heavy atom. The predicted octanol–water partition coefficient (Wildman–Crippen LogP) is 4.34. The van der Waals surface area contributed by atoms with Crippen molar-refractivity contribution in [1.29, 1.82) is 5.26 Å². The number of pyridine rings is 1. The first-order chi connectivity index (χ1) is 16.9. The number of aliphatic hydroxyl groups is 1. The highest BCUT2D eigenvalue weighted by Gasteiger charge is 2.32. The predicted molar refractivity (Wildman–Crippen MR) is 139 cm³/mol. The summed E-state index contributed by atoms with van der Waals surface area (Å²) in [5, 5.41) is 21.7. The minimum atomic E-state index is -0.138. The number of carbonyl (C=O) groups is 1. The molecule has 186 valence electrons. The Kier molecular flexibility index (Phi) is 7.99. The Morgan fingerprint density at radius 2 is 1.97 bits per heavy atom. The van der Waals surface area contributed by atoms with E-state index >= 15 is 0 Å². The van der Waals surface area contributed by atoms with Gasteiger partial charge < -0.3 is 25.1 Å². The summed E-state index contributed by atoms with van der Waals surface area (Å²) in [6.07, 6.45) is 4.73. The molecule has 2 saturated heterocycles. The van der Waals surface area contributed by atoms with E-state index in [2.05, 4.69) is 33.1 Å². The van der Waals surface area contributed by atoms with Gasteiger partial charge in [-0.2, -0.15) is 5.26 Å². The molecule has 2 aliphatic heterocycles. The molecular weight excluding hydrogens is 464 g/mol. The van der Waals surface area contributed by atoms with Crippen molar-refractivity contribution < 1.29 is 9.90 Å². The maximum atomic E-state index is 13.1. The lowest BCUT2D eigenvalue weighted by Crippen LogP contribution is -2.59. The Labute approximate surface area is 212 Å². The average Bonchev–Trinajstić information content (AvgIpc) is 2.86. The topological polar surface area (TPSA) is 95.7 Å². The Bertz CT molecular complexity index is 1060. The van der Waals surface area contributed by atoms with Crippen molar-refractivity contribution in [3.05, 3.63) is 47.1 Å². The van der Waals surface area contributed by atoms with Crippen LogP contribution >= 0.6 is 11.6 Å². The van der Waals surface area contributed by atoms with Gasteiger partial charge in [0, 0.05) is 50.6 Å². The van der Waals surface area contributed by atoms with Crippen LogP contribution in [0.25, 0.3) is 0 Å². The molecule has 2 aliphatic rings. The molecule has 8 nitrogen and oxygen atoms in total. The summed E-state index contributed by atoms with van der Waals surface area (Å²) in [5.74, 6) is 1.51. The number of hydrogen-bond donors (Lipinski definition) is 2. The number of nitrogens with one attached hydrogen (secondary N) is 1. The lowest BCUT2D eigenvalue weighted by molar-refractivity contribution is 0.173. The number of nitrogens with zero attached hydrogens (tertiary/aromatic N) is 5. The lowest BCUT2D eigenvalue weighted by atomic mass is 9.94. The maximum absolute atomic E-state index is 13.1. The van der Waals surface area contributed by atoms with Crippen LogP contribution < -0.4 is 15.1 Å². The number of rotatable bonds is 5. The summed E-state index contributed by atoms with van der Waals surface area (Å²) in [6.45, 7) is 7.48. The minimum Gasteiger partial charge on any atom is -0.396 e. The summed E-state index contributed by atoms with van der Waals surface area (Å²) in [7, 11) is 0. The second-order valence-corrected chi connectivity index (χ2v) is 9.96. The summed E-state index contributed by atoms with van der Waals surface area (Å²) in [4.78, 5) is 24.0. The van der Waals surface area contributed by atoms with Gasteiger partial charge in [-0.05, 0) is 69.4 Å². The first-order valence-electron chi connectivity index (χ1n) is 12.3. The molecule has 4 rings (SSSR count). The van der Waals surface area contributed by atoms with Gasteiger partial charge in [0.25, 0.3) is 0 Å². The highest BCUT2D eigenvalue weighted by atomic mass is 35.5. The largest absolute Gasteiger partial charge is 0.396 e. The third kappa shape index (κ3) is 5.80. The number of piperidine rings is 1. The van der Waals surface area contributed by atoms with Crippen LogP contribution in [-0.4, -0.2) is 65.9 Å². The van der Waals surface area contributed by atoms with Gasteiger partial charge in [0.05, 0.1) is 22.5 Å². The average molecular weight is 497 g/mol. The molecule has 0 saturated carbocycles. The zero-order chi connectivity index (χ0) is 24.9. The Hall–Kier alpha value is -3.02. The van der Waals surface area contributed by atoms with Gasteiger partial charge in [-0.25, -0.2) is 9.78 Å². The van der Waals surface area contributed by atoms with E-state index in [1.54, 1.807) is 12.3 Å². The monoisotopic (exact) mass is 496 g/mol. The number of hydrogen-bond acceptors (Lipinski definition) is 6. The van der Waals surface area contributed by atoms with E-state index in [1.165, 1.54) is 0 Å². The molecule has 9 heteroatoms. The molecule has 0 spiro atoms. The van der Waals surface area contributed by atoms with E-state index in [-0.39, 0.29) is 24.7 Å². The number of halogens is 1. The normalized spacial score (nSPS) is 21.1. The first-order valence-corrected chi connectivity index (χ1v) is 12.6. The van der Waals surface area contributed by atoms with Crippen molar-refractivity contribution in [3.63, 3.8) is 0 Å². The summed E-state index contributed by atoms with van der Waals surface area (Å²) in [6, 6.07) is 11.4. The van der Waals surface area contributed by atoms with Gasteiger partial charge in [-0.3, -0.25) is 0 Å². The molecule has 0 aliphatic carbocycles. The summed E-state index contributed by atoms with van der Waals surface area (Å²) < 4.78 is 0. The molecule has 35 heavy (non-hydrogen) atoms. The summed E-state index contributed by atoms with van der Waals surface area (Å²) >= 11 is 6.24. The van der Waals surface area contributed by atoms with E-state index in [1.807, 2.05) is 36.1 Å². The standard InChI is InChI=1S/C26H33ClN6O2/c1-18-17-33(19(2)16-32(18)23-5-3-21(14-28)24(27)13-23)26(35)30-22-4-6-25(29-15-22)31-10-7-20(8-11-31)9-12-34/h3-6,13,15,18-20,34H,7-12,16-17H2,1-2H3,(H,30,35). The van der Waals surface area contributed by atoms with Crippen LogP contribution in [0.5, 0.6) is 0 Å². The number of nitriles is 1. The molecule has 3 heterocycles. The molecule has 2 amide bonds. The van der Waals surface area contributed by atoms with Gasteiger partial charge >= 0.3 is 6.03 Å². The Balaban J connectivity index is 1.34. The van der Waals surface area contributed by atoms with E-state index in [0.717, 1.165) is 43.9 Å². The number of anilines is 3. The van der Waals surface area contributed by atoms with E-state index in [9.17, 15) is 4.79 Å². The van der Waals surface area contributed by atoms with E-state index < -0.39 is 0 Å². The molecule has 2 aromatic rings. The minimum absolute atomic E-state index is 0.00642. The second-order valence-electron chi connectivity index (χ2n) is 9.56. The number of piperazine rings is 1. The van der Waals surface area contributed by atoms with E-state index in [4.69, 9.17) is 22.0 Å². The summed E-state index contributed by atoms with van der Waals surface area (Å²) in [5.41, 5.74) is 2.09. The first kappa shape index (κ1) is 25.1. The van der Waals surface area contributed by atoms with Crippen molar-refractivity contribution in [2.45, 2.75) is 45.2 Å². The van der Waals surface area contributed by atoms with Crippen LogP contribution in [-0.2, 0) is 0 Å². The van der Waals surface area contributed by atoms with Gasteiger partial charge in [0.15, 0.2) is 0 Å². The molecule has 2 fully saturated rings. The quantitative estimate of drug-likeness (QED) is 0.639. The molecule has 0 bridgehead atoms. The smallest absolute Gasteiger partial charge is 0.322 e. The Morgan fingerprint density at radius 3 is 2.60 bits per heavy atom. The fraction of sp³-hybridized carbons (Fsp3) is 0.500. The second kappa shape index (κ2) is 11.1. The number of urea groups is 1. The number of aromatic nitrogens is 1. The molecular formula is C26H33ClN6O2. The number of amides is 2. The van der Waals surface area contributed by atoms with Crippen LogP contribution in [0.1, 0.15) is 38.7 Å². The third-order valence-corrected chi connectivity index (χ3v) is 7.44. The molecule has 2 unspecified atom stereocenters. The number of benzene rings is 1. The van der Waals surface area contributed by atoms with Gasteiger partial charge in [0.2, 0.25) is 0 Å². The molecule has 2 atom stereocenters. The zero-order valence-corrected chi connectivity index (χ0v) is 21.1. The number of aliphatic hydroxyl groups excluding tert-OH is 1. The van der Waals surface area contributed by atoms with Crippen LogP contribution in [0, 0.1) is 17.2 Å². The zero-order valence-electron chi connectivity index (χ0n) is 20.3. The van der Waals surface area contributed by atoms with Crippen LogP contribution in [0.2, 0.25) is 5.02 Å². The van der Waals surface area contributed by atoms with Crippen LogP contribution in [0.3, 0.4) is 0 Å². The molecule has 0 radical (unpaired) electrons. The van der Waals surface area contributed by atoms with Crippen molar-refractivity contribution in [2.24, 2.45) is 5.92 Å². The molecule has 2 N–H and O–H groups in total. The number of carbonyl (C=O) groups excluding carboxylic acids is 1. The SMILES string of the molecule is CC1CN(c2ccc(C#N)c(Cl)c2)C(C)CN1C(=O)Nc1ccc(N2CCC(CCO)CC2)nc1. The highest BCUT2D eigenvalue weighted by Crippen LogP contribution is 2.29. The van der Waals surface area contributed by atoms with Crippen molar-refractivity contribution in [2.75, 3.05) is 47.9 Å². The fourth-order valence-electron chi connectivity index (χ4n) is 5.02. The van der Waals surface area contributed by atoms with Crippen molar-refractivity contribution >= 4 is 34.8 Å².